The molecule has 0 saturated heterocycles. The molecule has 3 rings (SSSR count). The average molecular weight is 338 g/mol. The van der Waals surface area contributed by atoms with Gasteiger partial charge >= 0.3 is 0 Å². The van der Waals surface area contributed by atoms with Crippen molar-refractivity contribution < 1.29 is 19.0 Å². The summed E-state index contributed by atoms with van der Waals surface area (Å²) >= 11 is 0. The van der Waals surface area contributed by atoms with Gasteiger partial charge in [0.1, 0.15) is 18.4 Å². The topological polar surface area (TPSA) is 71.8 Å². The van der Waals surface area contributed by atoms with Crippen LogP contribution in [0.4, 0.5) is 0 Å². The molecule has 0 bridgehead atoms. The Bertz CT molecular complexity index is 800. The molecule has 0 fully saturated rings. The molecule has 1 unspecified atom stereocenters. The van der Waals surface area contributed by atoms with E-state index in [-0.39, 0.29) is 18.6 Å². The summed E-state index contributed by atoms with van der Waals surface area (Å²) in [5, 5.41) is 9.03. The van der Waals surface area contributed by atoms with E-state index in [0.29, 0.717) is 36.0 Å². The Hall–Kier alpha value is -3.20. The minimum atomic E-state index is -0.241. The van der Waals surface area contributed by atoms with Crippen LogP contribution in [0, 0.1) is 11.3 Å². The van der Waals surface area contributed by atoms with Crippen LogP contribution >= 0.6 is 0 Å². The molecule has 2 aromatic carbocycles. The van der Waals surface area contributed by atoms with E-state index in [0.717, 1.165) is 0 Å². The third kappa shape index (κ3) is 4.01. The molecule has 1 aliphatic heterocycles. The predicted molar refractivity (Wildman–Crippen MR) is 90.6 cm³/mol. The first-order valence-corrected chi connectivity index (χ1v) is 7.91. The molecule has 0 saturated carbocycles. The molecule has 128 valence electrons. The Balaban J connectivity index is 1.52. The van der Waals surface area contributed by atoms with Crippen LogP contribution in [0.25, 0.3) is 0 Å². The highest BCUT2D eigenvalue weighted by atomic mass is 16.6. The van der Waals surface area contributed by atoms with Crippen LogP contribution in [0.1, 0.15) is 5.56 Å². The Kier molecular flexibility index (Phi) is 5.05. The molecule has 0 aromatic heterocycles. The van der Waals surface area contributed by atoms with Gasteiger partial charge < -0.3 is 19.1 Å². The number of rotatable bonds is 5. The van der Waals surface area contributed by atoms with Crippen LogP contribution in [-0.2, 0) is 4.79 Å². The quantitative estimate of drug-likeness (QED) is 0.836. The molecule has 1 atom stereocenters. The molecule has 1 heterocycles. The van der Waals surface area contributed by atoms with E-state index in [4.69, 9.17) is 19.5 Å². The summed E-state index contributed by atoms with van der Waals surface area (Å²) in [5.41, 5.74) is 0.401. The first kappa shape index (κ1) is 16.7. The summed E-state index contributed by atoms with van der Waals surface area (Å²) in [4.78, 5) is 13.8. The van der Waals surface area contributed by atoms with Crippen LogP contribution in [0.5, 0.6) is 17.2 Å². The van der Waals surface area contributed by atoms with Crippen LogP contribution in [0.2, 0.25) is 0 Å². The summed E-state index contributed by atoms with van der Waals surface area (Å²) in [5.74, 6) is 1.59. The fourth-order valence-electron chi connectivity index (χ4n) is 2.49. The Morgan fingerprint density at radius 1 is 1.24 bits per heavy atom. The first-order chi connectivity index (χ1) is 12.2. The normalized spacial score (nSPS) is 15.1. The molecule has 1 aliphatic rings. The van der Waals surface area contributed by atoms with Crippen LogP contribution in [0.15, 0.2) is 48.5 Å². The van der Waals surface area contributed by atoms with Gasteiger partial charge in [-0.2, -0.15) is 5.26 Å². The zero-order valence-electron chi connectivity index (χ0n) is 13.8. The Labute approximate surface area is 146 Å². The van der Waals surface area contributed by atoms with E-state index in [9.17, 15) is 4.79 Å². The monoisotopic (exact) mass is 338 g/mol. The standard InChI is InChI=1S/C19H18N2O4/c1-21(11-15-12-23-17-8-4-5-9-18(17)25-15)19(22)13-24-16-7-3-2-6-14(16)10-20/h2-9,15H,11-13H2,1H3. The lowest BCUT2D eigenvalue weighted by molar-refractivity contribution is -0.133. The van der Waals surface area contributed by atoms with Gasteiger partial charge in [-0.25, -0.2) is 0 Å². The number of hydrogen-bond acceptors (Lipinski definition) is 5. The fraction of sp³-hybridized carbons (Fsp3) is 0.263. The number of hydrogen-bond donors (Lipinski definition) is 0. The number of ether oxygens (including phenoxy) is 3. The van der Waals surface area contributed by atoms with E-state index in [1.165, 1.54) is 4.90 Å². The van der Waals surface area contributed by atoms with Gasteiger partial charge in [0.05, 0.1) is 12.1 Å². The Morgan fingerprint density at radius 2 is 1.96 bits per heavy atom. The highest BCUT2D eigenvalue weighted by Crippen LogP contribution is 2.30. The van der Waals surface area contributed by atoms with Crippen LogP contribution < -0.4 is 14.2 Å². The van der Waals surface area contributed by atoms with E-state index < -0.39 is 0 Å². The third-order valence-corrected chi connectivity index (χ3v) is 3.83. The molecular weight excluding hydrogens is 320 g/mol. The number of nitriles is 1. The molecule has 0 radical (unpaired) electrons. The van der Waals surface area contributed by atoms with E-state index in [2.05, 4.69) is 0 Å². The zero-order chi connectivity index (χ0) is 17.6. The minimum Gasteiger partial charge on any atom is -0.486 e. The second-order valence-electron chi connectivity index (χ2n) is 5.67. The fourth-order valence-corrected chi connectivity index (χ4v) is 2.49. The zero-order valence-corrected chi connectivity index (χ0v) is 13.8. The molecule has 6 nitrogen and oxygen atoms in total. The highest BCUT2D eigenvalue weighted by Gasteiger charge is 2.23. The molecular formula is C19H18N2O4. The minimum absolute atomic E-state index is 0.140. The first-order valence-electron chi connectivity index (χ1n) is 7.91. The van der Waals surface area contributed by atoms with Gasteiger partial charge in [-0.1, -0.05) is 24.3 Å². The number of amides is 1. The van der Waals surface area contributed by atoms with Crippen molar-refractivity contribution in [1.29, 1.82) is 5.26 Å². The van der Waals surface area contributed by atoms with Crippen LogP contribution in [-0.4, -0.2) is 43.7 Å². The summed E-state index contributed by atoms with van der Waals surface area (Å²) < 4.78 is 17.0. The lowest BCUT2D eigenvalue weighted by atomic mass is 10.2. The predicted octanol–water partition coefficient (Wildman–Crippen LogP) is 2.24. The number of likely N-dealkylation sites (N-methyl/N-ethyl adjacent to an activating group) is 1. The van der Waals surface area contributed by atoms with Crippen molar-refractivity contribution in [3.05, 3.63) is 54.1 Å². The van der Waals surface area contributed by atoms with Crippen molar-refractivity contribution in [2.24, 2.45) is 0 Å². The summed E-state index contributed by atoms with van der Waals surface area (Å²) in [6.07, 6.45) is -0.241. The van der Waals surface area contributed by atoms with Gasteiger partial charge in [-0.05, 0) is 24.3 Å². The van der Waals surface area contributed by atoms with E-state index >= 15 is 0 Å². The number of nitrogens with zero attached hydrogens (tertiary/aromatic N) is 2. The molecule has 25 heavy (non-hydrogen) atoms. The van der Waals surface area contributed by atoms with Crippen molar-refractivity contribution in [3.8, 4) is 23.3 Å². The van der Waals surface area contributed by atoms with Crippen molar-refractivity contribution in [2.45, 2.75) is 6.10 Å². The molecule has 2 aromatic rings. The maximum atomic E-state index is 12.3. The highest BCUT2D eigenvalue weighted by molar-refractivity contribution is 5.77. The molecule has 1 amide bonds. The lowest BCUT2D eigenvalue weighted by Crippen LogP contribution is -2.43. The summed E-state index contributed by atoms with van der Waals surface area (Å²) in [6, 6.07) is 16.3. The molecule has 0 N–H and O–H groups in total. The smallest absolute Gasteiger partial charge is 0.260 e. The number of benzene rings is 2. The maximum Gasteiger partial charge on any atom is 0.260 e. The second-order valence-corrected chi connectivity index (χ2v) is 5.67. The second kappa shape index (κ2) is 7.58. The molecule has 6 heteroatoms. The van der Waals surface area contributed by atoms with E-state index in [1.54, 1.807) is 31.3 Å². The summed E-state index contributed by atoms with van der Waals surface area (Å²) in [7, 11) is 1.69. The summed E-state index contributed by atoms with van der Waals surface area (Å²) in [6.45, 7) is 0.628. The number of carbonyl (C=O) groups excluding carboxylic acids is 1. The van der Waals surface area contributed by atoms with Crippen molar-refractivity contribution in [1.82, 2.24) is 4.90 Å². The van der Waals surface area contributed by atoms with Gasteiger partial charge in [0.2, 0.25) is 0 Å². The van der Waals surface area contributed by atoms with Gasteiger partial charge in [-0.3, -0.25) is 4.79 Å². The average Bonchev–Trinajstić information content (AvgIpc) is 2.66. The number of fused-ring (bicyclic) bond motifs is 1. The van der Waals surface area contributed by atoms with Gasteiger partial charge in [-0.15, -0.1) is 0 Å². The lowest BCUT2D eigenvalue weighted by Gasteiger charge is -2.29. The van der Waals surface area contributed by atoms with Crippen molar-refractivity contribution in [3.63, 3.8) is 0 Å². The maximum absolute atomic E-state index is 12.3. The van der Waals surface area contributed by atoms with Gasteiger partial charge in [0, 0.05) is 7.05 Å². The van der Waals surface area contributed by atoms with Crippen LogP contribution in [0.3, 0.4) is 0 Å². The largest absolute Gasteiger partial charge is 0.486 e. The number of carbonyl (C=O) groups is 1. The van der Waals surface area contributed by atoms with Gasteiger partial charge in [0.15, 0.2) is 24.2 Å². The third-order valence-electron chi connectivity index (χ3n) is 3.83. The van der Waals surface area contributed by atoms with Crippen molar-refractivity contribution >= 4 is 5.91 Å². The van der Waals surface area contributed by atoms with E-state index in [1.807, 2.05) is 30.3 Å². The SMILES string of the molecule is CN(CC1COc2ccccc2O1)C(=O)COc1ccccc1C#N. The molecule has 0 aliphatic carbocycles. The van der Waals surface area contributed by atoms with Crippen molar-refractivity contribution in [2.75, 3.05) is 26.8 Å². The number of para-hydroxylation sites is 3. The molecule has 0 spiro atoms. The van der Waals surface area contributed by atoms with Gasteiger partial charge in [0.25, 0.3) is 5.91 Å². The Morgan fingerprint density at radius 3 is 2.76 bits per heavy atom.